The van der Waals surface area contributed by atoms with E-state index < -0.39 is 0 Å². The zero-order valence-electron chi connectivity index (χ0n) is 13.0. The maximum atomic E-state index is 14.2. The first-order chi connectivity index (χ1) is 11.2. The highest BCUT2D eigenvalue weighted by atomic mass is 35.5. The summed E-state index contributed by atoms with van der Waals surface area (Å²) in [7, 11) is 0. The fourth-order valence-electron chi connectivity index (χ4n) is 3.43. The molecule has 1 saturated carbocycles. The maximum absolute atomic E-state index is 14.2. The van der Waals surface area contributed by atoms with Crippen molar-refractivity contribution in [2.75, 3.05) is 18.0 Å². The van der Waals surface area contributed by atoms with Crippen LogP contribution in [-0.4, -0.2) is 27.6 Å². The number of nitrogens with zero attached hydrogens (tertiary/aromatic N) is 4. The van der Waals surface area contributed by atoms with Crippen molar-refractivity contribution in [1.82, 2.24) is 14.5 Å². The fourth-order valence-corrected chi connectivity index (χ4v) is 3.58. The van der Waals surface area contributed by atoms with Crippen LogP contribution in [0.2, 0.25) is 5.02 Å². The predicted molar refractivity (Wildman–Crippen MR) is 88.3 cm³/mol. The number of rotatable bonds is 4. The lowest BCUT2D eigenvalue weighted by atomic mass is 9.97. The molecule has 0 unspecified atom stereocenters. The van der Waals surface area contributed by atoms with Crippen molar-refractivity contribution in [2.24, 2.45) is 5.92 Å². The van der Waals surface area contributed by atoms with E-state index in [1.165, 1.54) is 25.1 Å². The van der Waals surface area contributed by atoms with Crippen molar-refractivity contribution in [1.29, 1.82) is 0 Å². The molecule has 0 N–H and O–H groups in total. The van der Waals surface area contributed by atoms with Crippen LogP contribution in [-0.2, 0) is 6.54 Å². The summed E-state index contributed by atoms with van der Waals surface area (Å²) in [5.41, 5.74) is 0. The van der Waals surface area contributed by atoms with Gasteiger partial charge in [-0.05, 0) is 37.7 Å². The number of hydrogen-bond donors (Lipinski definition) is 0. The van der Waals surface area contributed by atoms with E-state index >= 15 is 0 Å². The third-order valence-electron chi connectivity index (χ3n) is 4.77. The van der Waals surface area contributed by atoms with Crippen LogP contribution in [0.5, 0.6) is 0 Å². The van der Waals surface area contributed by atoms with Crippen LogP contribution in [0.1, 0.15) is 37.4 Å². The van der Waals surface area contributed by atoms with Gasteiger partial charge in [-0.2, -0.15) is 0 Å². The average Bonchev–Trinajstić information content (AvgIpc) is 3.23. The number of pyridine rings is 1. The lowest BCUT2D eigenvalue weighted by molar-refractivity contribution is 0.456. The van der Waals surface area contributed by atoms with Gasteiger partial charge in [-0.3, -0.25) is 0 Å². The van der Waals surface area contributed by atoms with E-state index in [0.717, 1.165) is 44.2 Å². The first-order valence-electron chi connectivity index (χ1n) is 8.27. The Kier molecular flexibility index (Phi) is 3.97. The highest BCUT2D eigenvalue weighted by Gasteiger charge is 2.29. The second-order valence-electron chi connectivity index (χ2n) is 6.63. The molecule has 0 amide bonds. The van der Waals surface area contributed by atoms with Gasteiger partial charge in [0.25, 0.3) is 0 Å². The van der Waals surface area contributed by atoms with Gasteiger partial charge in [-0.1, -0.05) is 11.6 Å². The molecule has 1 saturated heterocycles. The van der Waals surface area contributed by atoms with Crippen molar-refractivity contribution >= 4 is 17.4 Å². The van der Waals surface area contributed by atoms with Gasteiger partial charge >= 0.3 is 0 Å². The molecule has 1 atom stereocenters. The lowest BCUT2D eigenvalue weighted by Crippen LogP contribution is -2.36. The van der Waals surface area contributed by atoms with Gasteiger partial charge in [0.15, 0.2) is 11.6 Å². The highest BCUT2D eigenvalue weighted by Crippen LogP contribution is 2.34. The van der Waals surface area contributed by atoms with Crippen LogP contribution in [0.4, 0.5) is 10.2 Å². The molecule has 23 heavy (non-hydrogen) atoms. The first kappa shape index (κ1) is 14.9. The Hall–Kier alpha value is -1.62. The van der Waals surface area contributed by atoms with Crippen molar-refractivity contribution in [3.63, 3.8) is 0 Å². The van der Waals surface area contributed by atoms with Crippen molar-refractivity contribution in [3.05, 3.63) is 41.3 Å². The van der Waals surface area contributed by atoms with E-state index in [2.05, 4.69) is 20.7 Å². The Morgan fingerprint density at radius 2 is 2.13 bits per heavy atom. The monoisotopic (exact) mass is 334 g/mol. The van der Waals surface area contributed by atoms with Crippen LogP contribution >= 0.6 is 11.6 Å². The highest BCUT2D eigenvalue weighted by molar-refractivity contribution is 6.30. The predicted octanol–water partition coefficient (Wildman–Crippen LogP) is 3.86. The molecule has 6 heteroatoms. The zero-order valence-corrected chi connectivity index (χ0v) is 13.7. The summed E-state index contributed by atoms with van der Waals surface area (Å²) in [6.45, 7) is 2.65. The second kappa shape index (κ2) is 6.11. The molecule has 4 nitrogen and oxygen atoms in total. The van der Waals surface area contributed by atoms with Crippen LogP contribution < -0.4 is 4.90 Å². The summed E-state index contributed by atoms with van der Waals surface area (Å²) in [5, 5.41) is 0.333. The zero-order chi connectivity index (χ0) is 15.8. The van der Waals surface area contributed by atoms with Crippen LogP contribution in [0, 0.1) is 11.7 Å². The number of halogens is 2. The molecule has 0 radical (unpaired) electrons. The minimum atomic E-state index is -0.348. The third-order valence-corrected chi connectivity index (χ3v) is 4.98. The van der Waals surface area contributed by atoms with Gasteiger partial charge in [-0.15, -0.1) is 0 Å². The number of aromatic nitrogens is 3. The average molecular weight is 335 g/mol. The molecular weight excluding hydrogens is 315 g/mol. The van der Waals surface area contributed by atoms with Crippen LogP contribution in [0.15, 0.2) is 24.7 Å². The quantitative estimate of drug-likeness (QED) is 0.851. The molecule has 3 heterocycles. The number of imidazole rings is 1. The normalized spacial score (nSPS) is 21.7. The molecule has 2 aromatic rings. The topological polar surface area (TPSA) is 34.0 Å². The van der Waals surface area contributed by atoms with E-state index in [1.54, 1.807) is 0 Å². The number of anilines is 1. The summed E-state index contributed by atoms with van der Waals surface area (Å²) < 4.78 is 16.4. The standard InChI is InChI=1S/C17H20ClFN4/c18-14-8-15(19)17(21-9-14)22-6-1-2-13(11-22)16-20-5-7-23(16)10-12-3-4-12/h5,7-9,12-13H,1-4,6,10-11H2/t13-/m1/s1. The van der Waals surface area contributed by atoms with Gasteiger partial charge in [0, 0.05) is 44.1 Å². The molecular formula is C17H20ClFN4. The largest absolute Gasteiger partial charge is 0.353 e. The number of hydrogen-bond acceptors (Lipinski definition) is 3. The Labute approximate surface area is 140 Å². The van der Waals surface area contributed by atoms with Crippen molar-refractivity contribution in [2.45, 2.75) is 38.1 Å². The van der Waals surface area contributed by atoms with Crippen molar-refractivity contribution in [3.8, 4) is 0 Å². The summed E-state index contributed by atoms with van der Waals surface area (Å²) >= 11 is 5.81. The molecule has 0 bridgehead atoms. The molecule has 0 aromatic carbocycles. The van der Waals surface area contributed by atoms with Gasteiger partial charge in [-0.25, -0.2) is 14.4 Å². The smallest absolute Gasteiger partial charge is 0.167 e. The van der Waals surface area contributed by atoms with E-state index in [0.29, 0.717) is 16.8 Å². The first-order valence-corrected chi connectivity index (χ1v) is 8.65. The van der Waals surface area contributed by atoms with Gasteiger partial charge in [0.2, 0.25) is 0 Å². The van der Waals surface area contributed by atoms with Crippen LogP contribution in [0.3, 0.4) is 0 Å². The Bertz CT molecular complexity index is 698. The van der Waals surface area contributed by atoms with E-state index in [-0.39, 0.29) is 5.82 Å². The summed E-state index contributed by atoms with van der Waals surface area (Å²) in [4.78, 5) is 10.8. The van der Waals surface area contributed by atoms with Gasteiger partial charge in [0.1, 0.15) is 5.82 Å². The molecule has 2 aliphatic rings. The summed E-state index contributed by atoms with van der Waals surface area (Å²) in [5.74, 6) is 2.34. The fraction of sp³-hybridized carbons (Fsp3) is 0.529. The Morgan fingerprint density at radius 1 is 1.26 bits per heavy atom. The maximum Gasteiger partial charge on any atom is 0.167 e. The molecule has 122 valence electrons. The van der Waals surface area contributed by atoms with E-state index in [4.69, 9.17) is 11.6 Å². The molecule has 2 aromatic heterocycles. The summed E-state index contributed by atoms with van der Waals surface area (Å²) in [6.07, 6.45) is 10.2. The van der Waals surface area contributed by atoms with Crippen LogP contribution in [0.25, 0.3) is 0 Å². The molecule has 1 aliphatic heterocycles. The third kappa shape index (κ3) is 3.20. The molecule has 0 spiro atoms. The second-order valence-corrected chi connectivity index (χ2v) is 7.06. The Morgan fingerprint density at radius 3 is 2.91 bits per heavy atom. The molecule has 4 rings (SSSR count). The molecule has 2 fully saturated rings. The summed E-state index contributed by atoms with van der Waals surface area (Å²) in [6, 6.07) is 1.33. The molecule has 1 aliphatic carbocycles. The Balaban J connectivity index is 1.53. The SMILES string of the molecule is Fc1cc(Cl)cnc1N1CCC[C@@H](c2nccn2CC2CC2)C1. The minimum absolute atomic E-state index is 0.328. The lowest BCUT2D eigenvalue weighted by Gasteiger charge is -2.33. The van der Waals surface area contributed by atoms with Crippen molar-refractivity contribution < 1.29 is 4.39 Å². The van der Waals surface area contributed by atoms with E-state index in [9.17, 15) is 4.39 Å². The number of piperidine rings is 1. The van der Waals surface area contributed by atoms with E-state index in [1.807, 2.05) is 11.1 Å². The minimum Gasteiger partial charge on any atom is -0.353 e. The van der Waals surface area contributed by atoms with Gasteiger partial charge in [0.05, 0.1) is 5.02 Å². The van der Waals surface area contributed by atoms with Gasteiger partial charge < -0.3 is 9.47 Å².